The quantitative estimate of drug-likeness (QED) is 0.606. The highest BCUT2D eigenvalue weighted by atomic mass is 32.2. The standard InChI is InChI=1S/C15H17N3O2S/c1-10(14(19)11-3-7-13(20-2)8-4-11)21-15-17-16-9-18(15)12-5-6-12/h3-4,7-10,12H,5-6H2,1-2H3. The molecule has 0 aliphatic heterocycles. The Morgan fingerprint density at radius 3 is 2.71 bits per heavy atom. The molecule has 0 bridgehead atoms. The second kappa shape index (κ2) is 5.89. The molecule has 0 N–H and O–H groups in total. The average Bonchev–Trinajstić information content (AvgIpc) is 3.26. The van der Waals surface area contributed by atoms with Crippen molar-refractivity contribution in [3.05, 3.63) is 36.2 Å². The van der Waals surface area contributed by atoms with E-state index in [-0.39, 0.29) is 11.0 Å². The van der Waals surface area contributed by atoms with E-state index in [1.54, 1.807) is 37.7 Å². The van der Waals surface area contributed by atoms with Crippen molar-refractivity contribution in [3.63, 3.8) is 0 Å². The lowest BCUT2D eigenvalue weighted by molar-refractivity contribution is 0.0994. The van der Waals surface area contributed by atoms with E-state index >= 15 is 0 Å². The van der Waals surface area contributed by atoms with E-state index in [1.807, 2.05) is 6.92 Å². The van der Waals surface area contributed by atoms with Crippen LogP contribution in [0.5, 0.6) is 5.75 Å². The number of thioether (sulfide) groups is 1. The van der Waals surface area contributed by atoms with Crippen LogP contribution >= 0.6 is 11.8 Å². The van der Waals surface area contributed by atoms with Crippen LogP contribution in [-0.4, -0.2) is 32.9 Å². The molecule has 1 atom stereocenters. The average molecular weight is 303 g/mol. The van der Waals surface area contributed by atoms with E-state index in [9.17, 15) is 4.79 Å². The fourth-order valence-corrected chi connectivity index (χ4v) is 3.09. The maximum atomic E-state index is 12.4. The third-order valence-electron chi connectivity index (χ3n) is 3.51. The molecule has 5 nitrogen and oxygen atoms in total. The minimum Gasteiger partial charge on any atom is -0.497 e. The van der Waals surface area contributed by atoms with Gasteiger partial charge in [0.1, 0.15) is 12.1 Å². The predicted octanol–water partition coefficient (Wildman–Crippen LogP) is 2.99. The summed E-state index contributed by atoms with van der Waals surface area (Å²) in [6, 6.07) is 7.72. The molecule has 0 spiro atoms. The van der Waals surface area contributed by atoms with Gasteiger partial charge in [-0.3, -0.25) is 4.79 Å². The molecule has 1 aromatic carbocycles. The van der Waals surface area contributed by atoms with Crippen molar-refractivity contribution < 1.29 is 9.53 Å². The fraction of sp³-hybridized carbons (Fsp3) is 0.400. The number of nitrogens with zero attached hydrogens (tertiary/aromatic N) is 3. The number of benzene rings is 1. The summed E-state index contributed by atoms with van der Waals surface area (Å²) in [5, 5.41) is 8.71. The van der Waals surface area contributed by atoms with E-state index in [2.05, 4.69) is 14.8 Å². The number of hydrogen-bond acceptors (Lipinski definition) is 5. The Morgan fingerprint density at radius 2 is 2.10 bits per heavy atom. The SMILES string of the molecule is COc1ccc(C(=O)C(C)Sc2nncn2C2CC2)cc1. The highest BCUT2D eigenvalue weighted by Crippen LogP contribution is 2.38. The van der Waals surface area contributed by atoms with Crippen LogP contribution in [0.25, 0.3) is 0 Å². The Balaban J connectivity index is 1.70. The summed E-state index contributed by atoms with van der Waals surface area (Å²) in [5.41, 5.74) is 0.688. The zero-order chi connectivity index (χ0) is 14.8. The maximum absolute atomic E-state index is 12.4. The molecule has 6 heteroatoms. The maximum Gasteiger partial charge on any atom is 0.191 e. The van der Waals surface area contributed by atoms with Crippen LogP contribution in [0.3, 0.4) is 0 Å². The van der Waals surface area contributed by atoms with Gasteiger partial charge in [0.2, 0.25) is 0 Å². The molecule has 21 heavy (non-hydrogen) atoms. The molecule has 1 fully saturated rings. The molecule has 110 valence electrons. The molecule has 1 saturated carbocycles. The van der Waals surface area contributed by atoms with Crippen LogP contribution in [0.4, 0.5) is 0 Å². The first-order valence-corrected chi connectivity index (χ1v) is 7.81. The van der Waals surface area contributed by atoms with Crippen LogP contribution in [-0.2, 0) is 0 Å². The smallest absolute Gasteiger partial charge is 0.191 e. The van der Waals surface area contributed by atoms with E-state index in [0.717, 1.165) is 10.9 Å². The molecule has 1 heterocycles. The van der Waals surface area contributed by atoms with Gasteiger partial charge in [-0.25, -0.2) is 0 Å². The Hall–Kier alpha value is -1.82. The number of ketones is 1. The highest BCUT2D eigenvalue weighted by molar-refractivity contribution is 8.00. The van der Waals surface area contributed by atoms with Crippen molar-refractivity contribution in [2.75, 3.05) is 7.11 Å². The lowest BCUT2D eigenvalue weighted by atomic mass is 10.1. The normalized spacial score (nSPS) is 15.7. The monoisotopic (exact) mass is 303 g/mol. The van der Waals surface area contributed by atoms with Crippen molar-refractivity contribution in [1.29, 1.82) is 0 Å². The number of aromatic nitrogens is 3. The zero-order valence-electron chi connectivity index (χ0n) is 12.0. The van der Waals surface area contributed by atoms with Gasteiger partial charge in [-0.1, -0.05) is 11.8 Å². The van der Waals surface area contributed by atoms with Gasteiger partial charge in [-0.15, -0.1) is 10.2 Å². The van der Waals surface area contributed by atoms with Gasteiger partial charge in [0.15, 0.2) is 10.9 Å². The van der Waals surface area contributed by atoms with Crippen LogP contribution in [0.15, 0.2) is 35.7 Å². The van der Waals surface area contributed by atoms with Crippen molar-refractivity contribution in [2.45, 2.75) is 36.2 Å². The summed E-state index contributed by atoms with van der Waals surface area (Å²) < 4.78 is 7.18. The molecule has 2 aromatic rings. The van der Waals surface area contributed by atoms with E-state index < -0.39 is 0 Å². The number of rotatable bonds is 6. The number of Topliss-reactive ketones (excluding diaryl/α,β-unsaturated/α-hetero) is 1. The first-order chi connectivity index (χ1) is 10.2. The first kappa shape index (κ1) is 14.1. The summed E-state index contributed by atoms with van der Waals surface area (Å²) in [5.74, 6) is 0.841. The van der Waals surface area contributed by atoms with Crippen molar-refractivity contribution in [1.82, 2.24) is 14.8 Å². The Kier molecular flexibility index (Phi) is 3.96. The summed E-state index contributed by atoms with van der Waals surface area (Å²) in [7, 11) is 1.61. The highest BCUT2D eigenvalue weighted by Gasteiger charge is 2.28. The summed E-state index contributed by atoms with van der Waals surface area (Å²) in [4.78, 5) is 12.4. The van der Waals surface area contributed by atoms with Crippen LogP contribution in [0.2, 0.25) is 0 Å². The van der Waals surface area contributed by atoms with Crippen molar-refractivity contribution in [3.8, 4) is 5.75 Å². The molecule has 1 unspecified atom stereocenters. The van der Waals surface area contributed by atoms with E-state index in [0.29, 0.717) is 11.6 Å². The fourth-order valence-electron chi connectivity index (χ4n) is 2.12. The molecule has 1 aliphatic rings. The van der Waals surface area contributed by atoms with Gasteiger partial charge < -0.3 is 9.30 Å². The Labute approximate surface area is 127 Å². The number of carbonyl (C=O) groups excluding carboxylic acids is 1. The molecule has 0 saturated heterocycles. The second-order valence-electron chi connectivity index (χ2n) is 5.10. The summed E-state index contributed by atoms with van der Waals surface area (Å²) >= 11 is 1.47. The molecule has 3 rings (SSSR count). The number of methoxy groups -OCH3 is 1. The summed E-state index contributed by atoms with van der Waals surface area (Å²) in [6.07, 6.45) is 4.10. The van der Waals surface area contributed by atoms with Gasteiger partial charge in [-0.2, -0.15) is 0 Å². The number of hydrogen-bond donors (Lipinski definition) is 0. The summed E-state index contributed by atoms with van der Waals surface area (Å²) in [6.45, 7) is 1.91. The third-order valence-corrected chi connectivity index (χ3v) is 4.58. The van der Waals surface area contributed by atoms with Crippen molar-refractivity contribution in [2.24, 2.45) is 0 Å². The van der Waals surface area contributed by atoms with Crippen LogP contribution in [0.1, 0.15) is 36.2 Å². The Morgan fingerprint density at radius 1 is 1.38 bits per heavy atom. The lowest BCUT2D eigenvalue weighted by Crippen LogP contribution is -2.14. The second-order valence-corrected chi connectivity index (χ2v) is 6.41. The minimum absolute atomic E-state index is 0.0907. The minimum atomic E-state index is -0.194. The van der Waals surface area contributed by atoms with Crippen molar-refractivity contribution >= 4 is 17.5 Å². The molecule has 0 radical (unpaired) electrons. The van der Waals surface area contributed by atoms with Gasteiger partial charge in [-0.05, 0) is 44.0 Å². The lowest BCUT2D eigenvalue weighted by Gasteiger charge is -2.11. The largest absolute Gasteiger partial charge is 0.497 e. The topological polar surface area (TPSA) is 57.0 Å². The number of carbonyl (C=O) groups is 1. The van der Waals surface area contributed by atoms with Gasteiger partial charge >= 0.3 is 0 Å². The van der Waals surface area contributed by atoms with Gasteiger partial charge in [0, 0.05) is 11.6 Å². The Bertz CT molecular complexity index is 635. The number of ether oxygens (including phenoxy) is 1. The first-order valence-electron chi connectivity index (χ1n) is 6.93. The molecular weight excluding hydrogens is 286 g/mol. The molecule has 1 aromatic heterocycles. The van der Waals surface area contributed by atoms with Gasteiger partial charge in [0.25, 0.3) is 0 Å². The molecular formula is C15H17N3O2S. The zero-order valence-corrected chi connectivity index (χ0v) is 12.8. The third kappa shape index (κ3) is 3.10. The van der Waals surface area contributed by atoms with E-state index in [4.69, 9.17) is 4.74 Å². The molecule has 1 aliphatic carbocycles. The predicted molar refractivity (Wildman–Crippen MR) is 80.9 cm³/mol. The molecule has 0 amide bonds. The van der Waals surface area contributed by atoms with E-state index in [1.165, 1.54) is 24.6 Å². The van der Waals surface area contributed by atoms with Crippen LogP contribution in [0, 0.1) is 0 Å². The van der Waals surface area contributed by atoms with Crippen LogP contribution < -0.4 is 4.74 Å². The van der Waals surface area contributed by atoms with Gasteiger partial charge in [0.05, 0.1) is 12.4 Å².